The molecule has 0 bridgehead atoms. The maximum absolute atomic E-state index is 10.7. The van der Waals surface area contributed by atoms with Gasteiger partial charge in [0.2, 0.25) is 0 Å². The van der Waals surface area contributed by atoms with Crippen molar-refractivity contribution >= 4 is 15.2 Å². The molecule has 0 amide bonds. The van der Waals surface area contributed by atoms with E-state index < -0.39 is 26.5 Å². The molecule has 8 heteroatoms. The fourth-order valence-corrected chi connectivity index (χ4v) is 4.95. The first-order valence-corrected chi connectivity index (χ1v) is 7.49. The fourth-order valence-electron chi connectivity index (χ4n) is 1.83. The quantitative estimate of drug-likeness (QED) is 0.520. The van der Waals surface area contributed by atoms with Crippen LogP contribution in [-0.2, 0) is 9.13 Å². The maximum Gasteiger partial charge on any atom is -0.00596 e. The molecule has 1 saturated carbocycles. The topological polar surface area (TPSA) is 126 Å². The summed E-state index contributed by atoms with van der Waals surface area (Å²) in [5, 5.41) is 0. The van der Waals surface area contributed by atoms with Crippen LogP contribution >= 0.6 is 15.2 Å². The van der Waals surface area contributed by atoms with Crippen molar-refractivity contribution in [1.82, 2.24) is 0 Å². The molecule has 1 aliphatic rings. The third kappa shape index (κ3) is 2.89. The van der Waals surface area contributed by atoms with Gasteiger partial charge in [-0.05, 0) is 24.2 Å². The molecular formula is C6H10O6P2-4. The molecule has 1 aliphatic carbocycles. The molecular weight excluding hydrogens is 230 g/mol. The molecule has 0 heterocycles. The summed E-state index contributed by atoms with van der Waals surface area (Å²) in [5.74, 6) is 0. The zero-order valence-corrected chi connectivity index (χ0v) is 9.12. The number of rotatable bonds is 2. The maximum atomic E-state index is 10.7. The van der Waals surface area contributed by atoms with Crippen LogP contribution in [0, 0.1) is 0 Å². The van der Waals surface area contributed by atoms with Crippen molar-refractivity contribution < 1.29 is 28.7 Å². The first kappa shape index (κ1) is 12.4. The van der Waals surface area contributed by atoms with Crippen LogP contribution in [0.2, 0.25) is 0 Å². The summed E-state index contributed by atoms with van der Waals surface area (Å²) in [5.41, 5.74) is -3.03. The van der Waals surface area contributed by atoms with Crippen LogP contribution in [-0.4, -0.2) is 11.3 Å². The standard InChI is InChI=1S/C6H14O6P2/c7-13(8,9)5-3-1-2-4-6(5)14(10,11)12/h5-6H,1-4H2,(H2,7,8,9)(H2,10,11,12)/p-4. The molecule has 2 unspecified atom stereocenters. The lowest BCUT2D eigenvalue weighted by molar-refractivity contribution is -0.326. The SMILES string of the molecule is O=P([O-])([O-])C1CCCCC1P(=O)([O-])[O-]. The van der Waals surface area contributed by atoms with Crippen LogP contribution in [0.25, 0.3) is 0 Å². The second kappa shape index (κ2) is 4.05. The summed E-state index contributed by atoms with van der Waals surface area (Å²) in [6, 6.07) is 0. The molecule has 6 nitrogen and oxygen atoms in total. The Morgan fingerprint density at radius 3 is 1.29 bits per heavy atom. The van der Waals surface area contributed by atoms with E-state index in [1.807, 2.05) is 0 Å². The van der Waals surface area contributed by atoms with Crippen LogP contribution < -0.4 is 19.6 Å². The molecule has 0 aliphatic heterocycles. The highest BCUT2D eigenvalue weighted by Crippen LogP contribution is 2.51. The molecule has 0 aromatic heterocycles. The highest BCUT2D eigenvalue weighted by atomic mass is 31.2. The highest BCUT2D eigenvalue weighted by molar-refractivity contribution is 7.54. The predicted octanol–water partition coefficient (Wildman–Crippen LogP) is -1.87. The van der Waals surface area contributed by atoms with E-state index in [-0.39, 0.29) is 12.8 Å². The van der Waals surface area contributed by atoms with E-state index in [2.05, 4.69) is 0 Å². The normalized spacial score (nSPS) is 30.3. The fraction of sp³-hybridized carbons (Fsp3) is 1.00. The molecule has 0 spiro atoms. The average Bonchev–Trinajstić information content (AvgIpc) is 2.01. The number of hydrogen-bond acceptors (Lipinski definition) is 6. The van der Waals surface area contributed by atoms with Crippen LogP contribution in [0.3, 0.4) is 0 Å². The van der Waals surface area contributed by atoms with E-state index in [0.29, 0.717) is 12.8 Å². The lowest BCUT2D eigenvalue weighted by Gasteiger charge is -2.52. The van der Waals surface area contributed by atoms with E-state index in [1.165, 1.54) is 0 Å². The summed E-state index contributed by atoms with van der Waals surface area (Å²) in [7, 11) is -9.93. The summed E-state index contributed by atoms with van der Waals surface area (Å²) in [6.45, 7) is 0. The Kier molecular flexibility index (Phi) is 3.58. The average molecular weight is 240 g/mol. The molecule has 84 valence electrons. The van der Waals surface area contributed by atoms with Crippen molar-refractivity contribution in [3.63, 3.8) is 0 Å². The zero-order valence-electron chi connectivity index (χ0n) is 7.33. The van der Waals surface area contributed by atoms with E-state index >= 15 is 0 Å². The van der Waals surface area contributed by atoms with Crippen molar-refractivity contribution in [2.75, 3.05) is 0 Å². The van der Waals surface area contributed by atoms with Crippen LogP contribution in [0.4, 0.5) is 0 Å². The van der Waals surface area contributed by atoms with Crippen LogP contribution in [0.15, 0.2) is 0 Å². The molecule has 14 heavy (non-hydrogen) atoms. The summed E-state index contributed by atoms with van der Waals surface area (Å²) in [6.07, 6.45) is 0.943. The van der Waals surface area contributed by atoms with Gasteiger partial charge in [-0.1, -0.05) is 28.0 Å². The van der Waals surface area contributed by atoms with Gasteiger partial charge >= 0.3 is 0 Å². The Morgan fingerprint density at radius 2 is 1.07 bits per heavy atom. The van der Waals surface area contributed by atoms with E-state index in [4.69, 9.17) is 0 Å². The Hall–Kier alpha value is 0.300. The van der Waals surface area contributed by atoms with Gasteiger partial charge in [-0.25, -0.2) is 0 Å². The van der Waals surface area contributed by atoms with Gasteiger partial charge in [-0.2, -0.15) is 0 Å². The lowest BCUT2D eigenvalue weighted by atomic mass is 10.00. The molecule has 0 N–H and O–H groups in total. The van der Waals surface area contributed by atoms with Crippen molar-refractivity contribution in [3.8, 4) is 0 Å². The monoisotopic (exact) mass is 240 g/mol. The molecule has 0 saturated heterocycles. The van der Waals surface area contributed by atoms with Gasteiger partial charge in [0, 0.05) is 0 Å². The Balaban J connectivity index is 2.91. The van der Waals surface area contributed by atoms with Crippen LogP contribution in [0.5, 0.6) is 0 Å². The highest BCUT2D eigenvalue weighted by Gasteiger charge is 2.29. The third-order valence-electron chi connectivity index (χ3n) is 2.51. The van der Waals surface area contributed by atoms with Crippen molar-refractivity contribution in [2.24, 2.45) is 0 Å². The molecule has 0 aromatic rings. The zero-order chi connectivity index (χ0) is 11.0. The first-order valence-electron chi connectivity index (χ1n) is 4.26. The summed E-state index contributed by atoms with van der Waals surface area (Å²) >= 11 is 0. The summed E-state index contributed by atoms with van der Waals surface area (Å²) in [4.78, 5) is 42.9. The second-order valence-corrected chi connectivity index (χ2v) is 6.98. The van der Waals surface area contributed by atoms with Gasteiger partial charge in [0.1, 0.15) is 0 Å². The smallest absolute Gasteiger partial charge is 0.00596 e. The Bertz CT molecular complexity index is 261. The summed E-state index contributed by atoms with van der Waals surface area (Å²) < 4.78 is 21.4. The van der Waals surface area contributed by atoms with E-state index in [1.54, 1.807) is 0 Å². The Morgan fingerprint density at radius 1 is 0.786 bits per heavy atom. The van der Waals surface area contributed by atoms with Crippen molar-refractivity contribution in [2.45, 2.75) is 37.0 Å². The van der Waals surface area contributed by atoms with Crippen molar-refractivity contribution in [3.05, 3.63) is 0 Å². The minimum atomic E-state index is -4.97. The molecule has 0 aromatic carbocycles. The van der Waals surface area contributed by atoms with Gasteiger partial charge < -0.3 is 28.7 Å². The van der Waals surface area contributed by atoms with Gasteiger partial charge in [-0.15, -0.1) is 0 Å². The Labute approximate surface area is 81.7 Å². The van der Waals surface area contributed by atoms with E-state index in [9.17, 15) is 28.7 Å². The number of hydrogen-bond donors (Lipinski definition) is 0. The minimum Gasteiger partial charge on any atom is -0.811 e. The molecule has 2 atom stereocenters. The molecule has 1 rings (SSSR count). The largest absolute Gasteiger partial charge is 0.811 e. The van der Waals surface area contributed by atoms with Gasteiger partial charge in [0.15, 0.2) is 0 Å². The van der Waals surface area contributed by atoms with Gasteiger partial charge in [-0.3, -0.25) is 0 Å². The molecule has 0 radical (unpaired) electrons. The predicted molar refractivity (Wildman–Crippen MR) is 41.3 cm³/mol. The third-order valence-corrected chi connectivity index (χ3v) is 5.60. The minimum absolute atomic E-state index is 0.0105. The lowest BCUT2D eigenvalue weighted by Crippen LogP contribution is -2.42. The first-order chi connectivity index (χ1) is 6.23. The second-order valence-electron chi connectivity index (χ2n) is 3.50. The van der Waals surface area contributed by atoms with E-state index in [0.717, 1.165) is 0 Å². The van der Waals surface area contributed by atoms with Gasteiger partial charge in [0.25, 0.3) is 0 Å². The molecule has 1 fully saturated rings. The van der Waals surface area contributed by atoms with Crippen LogP contribution in [0.1, 0.15) is 25.7 Å². The van der Waals surface area contributed by atoms with Gasteiger partial charge in [0.05, 0.1) is 0 Å². The van der Waals surface area contributed by atoms with Crippen molar-refractivity contribution in [1.29, 1.82) is 0 Å².